The standard InChI is InChI=1S/C16H24N4O4S/c1-20(2)25(21,22)11-12-7-16(19-18-9-12)17-10-13-5-6-14(23-3)8-15(13)24-4/h5-9,17-19H,10-11H2,1-4H3. The van der Waals surface area contributed by atoms with E-state index in [9.17, 15) is 8.42 Å². The molecule has 0 aromatic heterocycles. The molecule has 0 saturated carbocycles. The molecule has 9 heteroatoms. The van der Waals surface area contributed by atoms with Gasteiger partial charge in [0.25, 0.3) is 0 Å². The number of nitrogens with zero attached hydrogens (tertiary/aromatic N) is 1. The van der Waals surface area contributed by atoms with Crippen molar-refractivity contribution < 1.29 is 17.9 Å². The molecule has 0 radical (unpaired) electrons. The van der Waals surface area contributed by atoms with Crippen LogP contribution in [0.1, 0.15) is 5.56 Å². The SMILES string of the molecule is COc1ccc(CNC2=CC(CS(=O)(=O)N(C)C)=CNN2)c(OC)c1. The Balaban J connectivity index is 2.05. The first kappa shape index (κ1) is 18.9. The van der Waals surface area contributed by atoms with Crippen LogP contribution in [0.25, 0.3) is 0 Å². The summed E-state index contributed by atoms with van der Waals surface area (Å²) in [7, 11) is 2.92. The highest BCUT2D eigenvalue weighted by Crippen LogP contribution is 2.24. The van der Waals surface area contributed by atoms with E-state index in [1.165, 1.54) is 18.4 Å². The van der Waals surface area contributed by atoms with Crippen molar-refractivity contribution in [1.82, 2.24) is 20.5 Å². The molecule has 0 amide bonds. The molecule has 0 spiro atoms. The van der Waals surface area contributed by atoms with E-state index in [-0.39, 0.29) is 5.75 Å². The lowest BCUT2D eigenvalue weighted by atomic mass is 10.2. The van der Waals surface area contributed by atoms with E-state index < -0.39 is 10.0 Å². The third-order valence-corrected chi connectivity index (χ3v) is 5.47. The Morgan fingerprint density at radius 1 is 1.20 bits per heavy atom. The predicted molar refractivity (Wildman–Crippen MR) is 96.3 cm³/mol. The zero-order valence-corrected chi connectivity index (χ0v) is 15.6. The Morgan fingerprint density at radius 2 is 1.96 bits per heavy atom. The smallest absolute Gasteiger partial charge is 0.217 e. The van der Waals surface area contributed by atoms with E-state index in [0.717, 1.165) is 11.3 Å². The van der Waals surface area contributed by atoms with Crippen LogP contribution >= 0.6 is 0 Å². The van der Waals surface area contributed by atoms with Gasteiger partial charge in [-0.1, -0.05) is 0 Å². The lowest BCUT2D eigenvalue weighted by Crippen LogP contribution is -2.37. The van der Waals surface area contributed by atoms with Gasteiger partial charge < -0.3 is 20.2 Å². The minimum atomic E-state index is -3.32. The van der Waals surface area contributed by atoms with Crippen molar-refractivity contribution in [1.29, 1.82) is 0 Å². The molecule has 0 saturated heterocycles. The van der Waals surface area contributed by atoms with Crippen LogP contribution in [-0.2, 0) is 16.6 Å². The molecular weight excluding hydrogens is 344 g/mol. The van der Waals surface area contributed by atoms with E-state index in [1.54, 1.807) is 26.5 Å². The number of hydrogen-bond acceptors (Lipinski definition) is 7. The summed E-state index contributed by atoms with van der Waals surface area (Å²) in [5.74, 6) is 2.02. The monoisotopic (exact) mass is 368 g/mol. The molecule has 0 unspecified atom stereocenters. The topological polar surface area (TPSA) is 91.9 Å². The van der Waals surface area contributed by atoms with Gasteiger partial charge in [-0.15, -0.1) is 0 Å². The summed E-state index contributed by atoms with van der Waals surface area (Å²) in [5, 5.41) is 3.21. The number of allylic oxidation sites excluding steroid dienone is 1. The van der Waals surface area contributed by atoms with Crippen LogP contribution in [0.4, 0.5) is 0 Å². The number of hydrogen-bond donors (Lipinski definition) is 3. The highest BCUT2D eigenvalue weighted by Gasteiger charge is 2.17. The van der Waals surface area contributed by atoms with Gasteiger partial charge in [0, 0.05) is 38.5 Å². The molecule has 138 valence electrons. The fourth-order valence-corrected chi connectivity index (χ4v) is 3.02. The fraction of sp³-hybridized carbons (Fsp3) is 0.375. The summed E-state index contributed by atoms with van der Waals surface area (Å²) >= 11 is 0. The Bertz CT molecular complexity index is 772. The Labute approximate surface area is 148 Å². The van der Waals surface area contributed by atoms with Crippen molar-refractivity contribution in [2.75, 3.05) is 34.1 Å². The van der Waals surface area contributed by atoms with Crippen LogP contribution in [0.2, 0.25) is 0 Å². The van der Waals surface area contributed by atoms with Gasteiger partial charge in [0.05, 0.1) is 20.0 Å². The zero-order chi connectivity index (χ0) is 18.4. The summed E-state index contributed by atoms with van der Waals surface area (Å²) < 4.78 is 35.7. The van der Waals surface area contributed by atoms with Crippen molar-refractivity contribution >= 4 is 10.0 Å². The van der Waals surface area contributed by atoms with Gasteiger partial charge in [-0.05, 0) is 23.8 Å². The van der Waals surface area contributed by atoms with Gasteiger partial charge in [-0.25, -0.2) is 12.7 Å². The second kappa shape index (κ2) is 8.13. The predicted octanol–water partition coefficient (Wildman–Crippen LogP) is 0.518. The highest BCUT2D eigenvalue weighted by atomic mass is 32.2. The Morgan fingerprint density at radius 3 is 2.60 bits per heavy atom. The van der Waals surface area contributed by atoms with Crippen LogP contribution < -0.4 is 25.6 Å². The van der Waals surface area contributed by atoms with E-state index in [0.29, 0.717) is 23.7 Å². The number of ether oxygens (including phenoxy) is 2. The van der Waals surface area contributed by atoms with Gasteiger partial charge in [0.15, 0.2) is 0 Å². The average molecular weight is 368 g/mol. The van der Waals surface area contributed by atoms with Crippen molar-refractivity contribution in [3.63, 3.8) is 0 Å². The Hall–Kier alpha value is -2.39. The third-order valence-electron chi connectivity index (χ3n) is 3.66. The molecular formula is C16H24N4O4S. The zero-order valence-electron chi connectivity index (χ0n) is 14.8. The van der Waals surface area contributed by atoms with Gasteiger partial charge in [0.1, 0.15) is 17.3 Å². The van der Waals surface area contributed by atoms with Crippen LogP contribution in [0, 0.1) is 0 Å². The van der Waals surface area contributed by atoms with Gasteiger partial charge in [-0.2, -0.15) is 0 Å². The normalized spacial score (nSPS) is 14.1. The molecule has 2 rings (SSSR count). The van der Waals surface area contributed by atoms with E-state index >= 15 is 0 Å². The molecule has 1 heterocycles. The highest BCUT2D eigenvalue weighted by molar-refractivity contribution is 7.89. The molecule has 1 aromatic carbocycles. The maximum absolute atomic E-state index is 12.0. The van der Waals surface area contributed by atoms with Gasteiger partial charge in [-0.3, -0.25) is 5.43 Å². The number of benzene rings is 1. The van der Waals surface area contributed by atoms with Crippen LogP contribution in [0.5, 0.6) is 11.5 Å². The summed E-state index contributed by atoms with van der Waals surface area (Å²) in [6.07, 6.45) is 3.38. The fourth-order valence-electron chi connectivity index (χ4n) is 2.18. The van der Waals surface area contributed by atoms with E-state index in [2.05, 4.69) is 16.2 Å². The number of hydrazine groups is 1. The first-order valence-corrected chi connectivity index (χ1v) is 9.24. The number of sulfonamides is 1. The number of nitrogens with one attached hydrogen (secondary N) is 3. The minimum absolute atomic E-state index is 0.0777. The van der Waals surface area contributed by atoms with Crippen LogP contribution in [-0.4, -0.2) is 46.8 Å². The molecule has 0 bridgehead atoms. The number of rotatable bonds is 8. The van der Waals surface area contributed by atoms with E-state index in [4.69, 9.17) is 9.47 Å². The second-order valence-electron chi connectivity index (χ2n) is 5.62. The summed E-state index contributed by atoms with van der Waals surface area (Å²) in [5.41, 5.74) is 7.39. The third kappa shape index (κ3) is 5.04. The van der Waals surface area contributed by atoms with Crippen LogP contribution in [0.3, 0.4) is 0 Å². The van der Waals surface area contributed by atoms with Crippen molar-refractivity contribution in [3.05, 3.63) is 47.4 Å². The quantitative estimate of drug-likeness (QED) is 0.616. The van der Waals surface area contributed by atoms with Gasteiger partial charge >= 0.3 is 0 Å². The molecule has 1 aliphatic heterocycles. The van der Waals surface area contributed by atoms with Crippen LogP contribution in [0.15, 0.2) is 41.9 Å². The Kier molecular flexibility index (Phi) is 6.16. The van der Waals surface area contributed by atoms with Crippen molar-refractivity contribution in [2.45, 2.75) is 6.54 Å². The molecule has 3 N–H and O–H groups in total. The summed E-state index contributed by atoms with van der Waals surface area (Å²) in [6, 6.07) is 5.58. The molecule has 25 heavy (non-hydrogen) atoms. The van der Waals surface area contributed by atoms with Crippen molar-refractivity contribution in [3.8, 4) is 11.5 Å². The lowest BCUT2D eigenvalue weighted by Gasteiger charge is -2.20. The average Bonchev–Trinajstić information content (AvgIpc) is 2.59. The molecule has 0 aliphatic carbocycles. The number of methoxy groups -OCH3 is 2. The van der Waals surface area contributed by atoms with Crippen molar-refractivity contribution in [2.24, 2.45) is 0 Å². The molecule has 1 aromatic rings. The minimum Gasteiger partial charge on any atom is -0.497 e. The molecule has 8 nitrogen and oxygen atoms in total. The first-order chi connectivity index (χ1) is 11.9. The largest absolute Gasteiger partial charge is 0.497 e. The van der Waals surface area contributed by atoms with E-state index in [1.807, 2.05) is 18.2 Å². The lowest BCUT2D eigenvalue weighted by molar-refractivity contribution is 0.390. The summed E-state index contributed by atoms with van der Waals surface area (Å²) in [4.78, 5) is 0. The van der Waals surface area contributed by atoms with Gasteiger partial charge in [0.2, 0.25) is 10.0 Å². The maximum atomic E-state index is 12.0. The first-order valence-electron chi connectivity index (χ1n) is 7.63. The molecule has 1 aliphatic rings. The second-order valence-corrected chi connectivity index (χ2v) is 7.80. The molecule has 0 fully saturated rings. The molecule has 0 atom stereocenters. The summed E-state index contributed by atoms with van der Waals surface area (Å²) in [6.45, 7) is 0.501. The maximum Gasteiger partial charge on any atom is 0.217 e.